The predicted molar refractivity (Wildman–Crippen MR) is 75.6 cm³/mol. The van der Waals surface area contributed by atoms with Crippen LogP contribution in [0.1, 0.15) is 15.9 Å². The van der Waals surface area contributed by atoms with Crippen LogP contribution < -0.4 is 16.8 Å². The van der Waals surface area contributed by atoms with Gasteiger partial charge in [0.1, 0.15) is 0 Å². The van der Waals surface area contributed by atoms with Gasteiger partial charge in [-0.1, -0.05) is 12.1 Å². The van der Waals surface area contributed by atoms with Gasteiger partial charge in [-0.2, -0.15) is 0 Å². The number of halogens is 1. The van der Waals surface area contributed by atoms with E-state index in [1.54, 1.807) is 35.0 Å². The Bertz CT molecular complexity index is 667. The van der Waals surface area contributed by atoms with E-state index in [9.17, 15) is 9.59 Å². The van der Waals surface area contributed by atoms with E-state index < -0.39 is 0 Å². The number of nitrogens with two attached hydrogens (primary N) is 1. The molecule has 0 fully saturated rings. The summed E-state index contributed by atoms with van der Waals surface area (Å²) in [5.74, 6) is 4.73. The number of benzene rings is 1. The number of nitrogen functional groups attached to an aromatic ring is 1. The third kappa shape index (κ3) is 3.30. The van der Waals surface area contributed by atoms with E-state index in [0.717, 1.165) is 10.0 Å². The summed E-state index contributed by atoms with van der Waals surface area (Å²) in [5.41, 5.74) is 3.29. The highest BCUT2D eigenvalue weighted by Gasteiger charge is 2.05. The minimum absolute atomic E-state index is 0.100. The van der Waals surface area contributed by atoms with E-state index in [1.165, 1.54) is 6.07 Å². The normalized spacial score (nSPS) is 10.2. The Kier molecular flexibility index (Phi) is 4.13. The third-order valence-corrected chi connectivity index (χ3v) is 3.09. The van der Waals surface area contributed by atoms with Gasteiger partial charge < -0.3 is 4.57 Å². The molecule has 19 heavy (non-hydrogen) atoms. The number of nitrogens with zero attached hydrogens (tertiary/aromatic N) is 1. The standard InChI is InChI=1S/C13H12BrN3O2/c14-11-4-5-12(18)17(8-11)7-9-2-1-3-10(6-9)13(19)16-15/h1-6,8H,7,15H2,(H,16,19). The van der Waals surface area contributed by atoms with Crippen molar-refractivity contribution in [1.82, 2.24) is 9.99 Å². The van der Waals surface area contributed by atoms with Gasteiger partial charge in [0, 0.05) is 22.3 Å². The zero-order valence-corrected chi connectivity index (χ0v) is 11.6. The molecule has 0 saturated carbocycles. The van der Waals surface area contributed by atoms with E-state index in [2.05, 4.69) is 21.4 Å². The van der Waals surface area contributed by atoms with Crippen molar-refractivity contribution in [2.24, 2.45) is 5.84 Å². The van der Waals surface area contributed by atoms with Crippen LogP contribution in [0.5, 0.6) is 0 Å². The van der Waals surface area contributed by atoms with Gasteiger partial charge in [-0.3, -0.25) is 15.0 Å². The second-order valence-corrected chi connectivity index (χ2v) is 4.90. The minimum atomic E-state index is -0.358. The summed E-state index contributed by atoms with van der Waals surface area (Å²) in [4.78, 5) is 23.1. The summed E-state index contributed by atoms with van der Waals surface area (Å²) in [5, 5.41) is 0. The maximum absolute atomic E-state index is 11.7. The van der Waals surface area contributed by atoms with Gasteiger partial charge in [0.2, 0.25) is 0 Å². The van der Waals surface area contributed by atoms with Crippen LogP contribution in [-0.2, 0) is 6.54 Å². The molecule has 1 aromatic heterocycles. The van der Waals surface area contributed by atoms with E-state index in [0.29, 0.717) is 12.1 Å². The second kappa shape index (κ2) is 5.81. The van der Waals surface area contributed by atoms with Crippen molar-refractivity contribution in [2.45, 2.75) is 6.54 Å². The van der Waals surface area contributed by atoms with Crippen molar-refractivity contribution < 1.29 is 4.79 Å². The number of carbonyl (C=O) groups excluding carboxylic acids is 1. The Labute approximate surface area is 118 Å². The number of aromatic nitrogens is 1. The molecule has 1 amide bonds. The second-order valence-electron chi connectivity index (χ2n) is 3.99. The highest BCUT2D eigenvalue weighted by molar-refractivity contribution is 9.10. The Hall–Kier alpha value is -1.92. The number of rotatable bonds is 3. The first-order valence-corrected chi connectivity index (χ1v) is 6.35. The number of amides is 1. The van der Waals surface area contributed by atoms with Crippen LogP contribution in [-0.4, -0.2) is 10.5 Å². The van der Waals surface area contributed by atoms with Crippen LogP contribution in [0.3, 0.4) is 0 Å². The Morgan fingerprint density at radius 1 is 1.32 bits per heavy atom. The highest BCUT2D eigenvalue weighted by atomic mass is 79.9. The van der Waals surface area contributed by atoms with E-state index >= 15 is 0 Å². The van der Waals surface area contributed by atoms with Gasteiger partial charge in [0.25, 0.3) is 11.5 Å². The molecule has 5 nitrogen and oxygen atoms in total. The lowest BCUT2D eigenvalue weighted by Gasteiger charge is -2.07. The van der Waals surface area contributed by atoms with Crippen LogP contribution in [0.4, 0.5) is 0 Å². The van der Waals surface area contributed by atoms with Crippen LogP contribution in [0.25, 0.3) is 0 Å². The molecule has 0 bridgehead atoms. The topological polar surface area (TPSA) is 77.1 Å². The van der Waals surface area contributed by atoms with Crippen molar-refractivity contribution in [3.05, 3.63) is 68.5 Å². The fourth-order valence-electron chi connectivity index (χ4n) is 1.72. The summed E-state index contributed by atoms with van der Waals surface area (Å²) in [6.45, 7) is 0.393. The predicted octanol–water partition coefficient (Wildman–Crippen LogP) is 1.26. The summed E-state index contributed by atoms with van der Waals surface area (Å²) >= 11 is 3.32. The van der Waals surface area contributed by atoms with Crippen molar-refractivity contribution in [1.29, 1.82) is 0 Å². The van der Waals surface area contributed by atoms with Gasteiger partial charge in [-0.25, -0.2) is 5.84 Å². The quantitative estimate of drug-likeness (QED) is 0.507. The lowest BCUT2D eigenvalue weighted by atomic mass is 10.1. The Morgan fingerprint density at radius 2 is 2.11 bits per heavy atom. The van der Waals surface area contributed by atoms with E-state index in [-0.39, 0.29) is 11.5 Å². The molecule has 2 aromatic rings. The average Bonchev–Trinajstić information content (AvgIpc) is 2.42. The first-order valence-electron chi connectivity index (χ1n) is 5.56. The van der Waals surface area contributed by atoms with Crippen molar-refractivity contribution in [3.63, 3.8) is 0 Å². The number of pyridine rings is 1. The zero-order valence-electron chi connectivity index (χ0n) is 9.97. The first kappa shape index (κ1) is 13.5. The van der Waals surface area contributed by atoms with Crippen molar-refractivity contribution in [3.8, 4) is 0 Å². The van der Waals surface area contributed by atoms with E-state index in [1.807, 2.05) is 6.07 Å². The summed E-state index contributed by atoms with van der Waals surface area (Å²) in [7, 11) is 0. The number of hydrogen-bond donors (Lipinski definition) is 2. The Balaban J connectivity index is 2.31. The van der Waals surface area contributed by atoms with Crippen LogP contribution >= 0.6 is 15.9 Å². The van der Waals surface area contributed by atoms with Crippen LogP contribution in [0, 0.1) is 0 Å². The fraction of sp³-hybridized carbons (Fsp3) is 0.0769. The molecule has 0 saturated heterocycles. The maximum atomic E-state index is 11.7. The average molecular weight is 322 g/mol. The highest BCUT2D eigenvalue weighted by Crippen LogP contribution is 2.09. The summed E-state index contributed by atoms with van der Waals surface area (Å²) < 4.78 is 2.38. The van der Waals surface area contributed by atoms with Crippen LogP contribution in [0.15, 0.2) is 51.9 Å². The van der Waals surface area contributed by atoms with Crippen molar-refractivity contribution >= 4 is 21.8 Å². The smallest absolute Gasteiger partial charge is 0.265 e. The minimum Gasteiger partial charge on any atom is -0.310 e. The molecule has 0 aliphatic rings. The molecule has 0 unspecified atom stereocenters. The zero-order chi connectivity index (χ0) is 13.8. The molecule has 6 heteroatoms. The monoisotopic (exact) mass is 321 g/mol. The van der Waals surface area contributed by atoms with Gasteiger partial charge in [0.15, 0.2) is 0 Å². The number of nitrogens with one attached hydrogen (secondary N) is 1. The molecule has 98 valence electrons. The number of hydrazine groups is 1. The first-order chi connectivity index (χ1) is 9.10. The number of hydrogen-bond acceptors (Lipinski definition) is 3. The lowest BCUT2D eigenvalue weighted by Crippen LogP contribution is -2.30. The fourth-order valence-corrected chi connectivity index (χ4v) is 2.10. The molecule has 0 aliphatic carbocycles. The molecule has 0 spiro atoms. The molecule has 0 radical (unpaired) electrons. The van der Waals surface area contributed by atoms with Gasteiger partial charge in [-0.15, -0.1) is 0 Å². The summed E-state index contributed by atoms with van der Waals surface area (Å²) in [6, 6.07) is 10.1. The largest absolute Gasteiger partial charge is 0.310 e. The van der Waals surface area contributed by atoms with E-state index in [4.69, 9.17) is 5.84 Å². The Morgan fingerprint density at radius 3 is 2.84 bits per heavy atom. The summed E-state index contributed by atoms with van der Waals surface area (Å²) in [6.07, 6.45) is 1.71. The molecule has 0 aliphatic heterocycles. The van der Waals surface area contributed by atoms with Crippen LogP contribution in [0.2, 0.25) is 0 Å². The SMILES string of the molecule is NNC(=O)c1cccc(Cn2cc(Br)ccc2=O)c1. The maximum Gasteiger partial charge on any atom is 0.265 e. The van der Waals surface area contributed by atoms with Crippen molar-refractivity contribution in [2.75, 3.05) is 0 Å². The molecule has 1 aromatic carbocycles. The van der Waals surface area contributed by atoms with Gasteiger partial charge >= 0.3 is 0 Å². The van der Waals surface area contributed by atoms with Gasteiger partial charge in [-0.05, 0) is 39.7 Å². The number of carbonyl (C=O) groups is 1. The van der Waals surface area contributed by atoms with Gasteiger partial charge in [0.05, 0.1) is 6.54 Å². The third-order valence-electron chi connectivity index (χ3n) is 2.62. The molecular weight excluding hydrogens is 310 g/mol. The molecule has 2 rings (SSSR count). The molecule has 1 heterocycles. The molecular formula is C13H12BrN3O2. The molecule has 3 N–H and O–H groups in total. The molecule has 0 atom stereocenters. The lowest BCUT2D eigenvalue weighted by molar-refractivity contribution is 0.0953.